The number of aryl methyl sites for hydroxylation is 2. The van der Waals surface area contributed by atoms with Gasteiger partial charge in [0.25, 0.3) is 0 Å². The molecular weight excluding hydrogens is 226 g/mol. The number of nitrogens with one attached hydrogen (secondary N) is 1. The van der Waals surface area contributed by atoms with E-state index in [0.717, 1.165) is 0 Å². The van der Waals surface area contributed by atoms with Crippen LogP contribution in [0.25, 0.3) is 0 Å². The van der Waals surface area contributed by atoms with Crippen molar-refractivity contribution < 1.29 is 0 Å². The van der Waals surface area contributed by atoms with Gasteiger partial charge < -0.3 is 5.32 Å². The summed E-state index contributed by atoms with van der Waals surface area (Å²) in [7, 11) is 0. The maximum Gasteiger partial charge on any atom is 0.0357 e. The minimum absolute atomic E-state index is 0.472. The number of anilines is 1. The van der Waals surface area contributed by atoms with Crippen LogP contribution < -0.4 is 5.32 Å². The average Bonchev–Trinajstić information content (AvgIpc) is 2.13. The summed E-state index contributed by atoms with van der Waals surface area (Å²) in [5, 5.41) is 3.70. The van der Waals surface area contributed by atoms with Gasteiger partial charge in [0.15, 0.2) is 0 Å². The molecule has 0 aliphatic carbocycles. The minimum Gasteiger partial charge on any atom is -0.381 e. The summed E-state index contributed by atoms with van der Waals surface area (Å²) >= 11 is 2.08. The van der Waals surface area contributed by atoms with Crippen LogP contribution in [0.2, 0.25) is 0 Å². The highest BCUT2D eigenvalue weighted by atomic mass is 32.2. The van der Waals surface area contributed by atoms with Crippen LogP contribution in [0.15, 0.2) is 18.2 Å². The first kappa shape index (κ1) is 12.8. The van der Waals surface area contributed by atoms with Gasteiger partial charge in [-0.05, 0) is 54.7 Å². The zero-order valence-electron chi connectivity index (χ0n) is 11.3. The Morgan fingerprint density at radius 2 is 1.82 bits per heavy atom. The van der Waals surface area contributed by atoms with E-state index in [1.807, 2.05) is 0 Å². The van der Waals surface area contributed by atoms with Crippen LogP contribution in [0.3, 0.4) is 0 Å². The minimum atomic E-state index is 0.472. The molecule has 1 aliphatic rings. The summed E-state index contributed by atoms with van der Waals surface area (Å²) in [5.74, 6) is 2.52. The van der Waals surface area contributed by atoms with E-state index in [9.17, 15) is 0 Å². The Bertz CT molecular complexity index is 378. The Labute approximate surface area is 109 Å². The fourth-order valence-corrected chi connectivity index (χ4v) is 3.92. The molecule has 1 saturated heterocycles. The van der Waals surface area contributed by atoms with Gasteiger partial charge in [-0.2, -0.15) is 11.8 Å². The van der Waals surface area contributed by atoms with Gasteiger partial charge in [0.05, 0.1) is 0 Å². The molecule has 0 radical (unpaired) electrons. The molecule has 17 heavy (non-hydrogen) atoms. The largest absolute Gasteiger partial charge is 0.381 e. The Balaban J connectivity index is 2.05. The molecule has 1 aromatic rings. The molecule has 2 rings (SSSR count). The topological polar surface area (TPSA) is 12.0 Å². The number of thioether (sulfide) groups is 1. The van der Waals surface area contributed by atoms with E-state index in [1.165, 1.54) is 34.7 Å². The van der Waals surface area contributed by atoms with Crippen molar-refractivity contribution in [1.29, 1.82) is 0 Å². The van der Waals surface area contributed by atoms with Gasteiger partial charge in [0.2, 0.25) is 0 Å². The van der Waals surface area contributed by atoms with Crippen LogP contribution in [0, 0.1) is 19.3 Å². The van der Waals surface area contributed by atoms with Crippen LogP contribution in [0.5, 0.6) is 0 Å². The molecular formula is C15H23NS. The summed E-state index contributed by atoms with van der Waals surface area (Å²) in [5.41, 5.74) is 4.44. The van der Waals surface area contributed by atoms with Gasteiger partial charge in [-0.1, -0.05) is 19.9 Å². The molecule has 0 aromatic heterocycles. The molecule has 1 nitrogen and oxygen atoms in total. The summed E-state index contributed by atoms with van der Waals surface area (Å²) in [4.78, 5) is 0. The Morgan fingerprint density at radius 3 is 2.41 bits per heavy atom. The van der Waals surface area contributed by atoms with Crippen LogP contribution in [0.4, 0.5) is 5.69 Å². The first-order chi connectivity index (χ1) is 7.94. The van der Waals surface area contributed by atoms with E-state index in [-0.39, 0.29) is 0 Å². The smallest absolute Gasteiger partial charge is 0.0357 e. The number of benzene rings is 1. The molecule has 1 atom stereocenters. The monoisotopic (exact) mass is 249 g/mol. The van der Waals surface area contributed by atoms with Gasteiger partial charge in [0.1, 0.15) is 0 Å². The maximum absolute atomic E-state index is 3.70. The summed E-state index contributed by atoms with van der Waals surface area (Å²) < 4.78 is 0. The number of rotatable bonds is 2. The van der Waals surface area contributed by atoms with Crippen molar-refractivity contribution in [3.8, 4) is 0 Å². The predicted octanol–water partition coefficient (Wildman–Crippen LogP) is 4.25. The van der Waals surface area contributed by atoms with Gasteiger partial charge in [-0.25, -0.2) is 0 Å². The lowest BCUT2D eigenvalue weighted by atomic mass is 9.87. The van der Waals surface area contributed by atoms with Crippen molar-refractivity contribution in [3.63, 3.8) is 0 Å². The van der Waals surface area contributed by atoms with E-state index >= 15 is 0 Å². The van der Waals surface area contributed by atoms with Crippen molar-refractivity contribution in [2.24, 2.45) is 5.41 Å². The molecule has 1 heterocycles. The highest BCUT2D eigenvalue weighted by Crippen LogP contribution is 2.34. The molecule has 2 heteroatoms. The standard InChI is InChI=1S/C15H23NS/c1-11-5-12(2)7-13(6-11)16-14-8-15(3,4)10-17-9-14/h5-7,14,16H,8-10H2,1-4H3. The Hall–Kier alpha value is -0.630. The number of hydrogen-bond acceptors (Lipinski definition) is 2. The first-order valence-electron chi connectivity index (χ1n) is 6.37. The third kappa shape index (κ3) is 3.67. The van der Waals surface area contributed by atoms with Crippen LogP contribution in [0.1, 0.15) is 31.4 Å². The maximum atomic E-state index is 3.70. The van der Waals surface area contributed by atoms with Crippen LogP contribution in [-0.2, 0) is 0 Å². The van der Waals surface area contributed by atoms with E-state index in [0.29, 0.717) is 11.5 Å². The van der Waals surface area contributed by atoms with Crippen molar-refractivity contribution in [3.05, 3.63) is 29.3 Å². The SMILES string of the molecule is Cc1cc(C)cc(NC2CSCC(C)(C)C2)c1. The fourth-order valence-electron chi connectivity index (χ4n) is 2.65. The van der Waals surface area contributed by atoms with Crippen molar-refractivity contribution >= 4 is 17.4 Å². The summed E-state index contributed by atoms with van der Waals surface area (Å²) in [6, 6.07) is 7.34. The molecule has 94 valence electrons. The zero-order valence-corrected chi connectivity index (χ0v) is 12.2. The lowest BCUT2D eigenvalue weighted by Crippen LogP contribution is -2.35. The quantitative estimate of drug-likeness (QED) is 0.841. The Kier molecular flexibility index (Phi) is 3.72. The third-order valence-corrected chi connectivity index (χ3v) is 4.83. The second kappa shape index (κ2) is 4.93. The lowest BCUT2D eigenvalue weighted by molar-refractivity contribution is 0.358. The molecule has 1 N–H and O–H groups in total. The Morgan fingerprint density at radius 1 is 1.18 bits per heavy atom. The van der Waals surface area contributed by atoms with Crippen LogP contribution in [-0.4, -0.2) is 17.5 Å². The summed E-state index contributed by atoms with van der Waals surface area (Å²) in [6.45, 7) is 9.07. The van der Waals surface area contributed by atoms with E-state index in [1.54, 1.807) is 0 Å². The molecule has 0 bridgehead atoms. The fraction of sp³-hybridized carbons (Fsp3) is 0.600. The highest BCUT2D eigenvalue weighted by Gasteiger charge is 2.28. The second-order valence-corrected chi connectivity index (χ2v) is 7.13. The van der Waals surface area contributed by atoms with E-state index < -0.39 is 0 Å². The molecule has 0 amide bonds. The summed E-state index contributed by atoms with van der Waals surface area (Å²) in [6.07, 6.45) is 1.27. The predicted molar refractivity (Wildman–Crippen MR) is 79.0 cm³/mol. The van der Waals surface area contributed by atoms with Gasteiger partial charge >= 0.3 is 0 Å². The average molecular weight is 249 g/mol. The van der Waals surface area contributed by atoms with Crippen molar-refractivity contribution in [2.45, 2.75) is 40.2 Å². The van der Waals surface area contributed by atoms with Crippen LogP contribution >= 0.6 is 11.8 Å². The normalized spacial score (nSPS) is 23.4. The van der Waals surface area contributed by atoms with Gasteiger partial charge in [-0.15, -0.1) is 0 Å². The molecule has 1 unspecified atom stereocenters. The number of hydrogen-bond donors (Lipinski definition) is 1. The second-order valence-electron chi connectivity index (χ2n) is 6.10. The zero-order chi connectivity index (χ0) is 12.5. The third-order valence-electron chi connectivity index (χ3n) is 3.20. The van der Waals surface area contributed by atoms with Crippen molar-refractivity contribution in [1.82, 2.24) is 0 Å². The first-order valence-corrected chi connectivity index (χ1v) is 7.53. The van der Waals surface area contributed by atoms with Gasteiger partial charge in [0, 0.05) is 17.5 Å². The molecule has 1 aromatic carbocycles. The lowest BCUT2D eigenvalue weighted by Gasteiger charge is -2.35. The molecule has 1 fully saturated rings. The van der Waals surface area contributed by atoms with Gasteiger partial charge in [-0.3, -0.25) is 0 Å². The van der Waals surface area contributed by atoms with Crippen molar-refractivity contribution in [2.75, 3.05) is 16.8 Å². The highest BCUT2D eigenvalue weighted by molar-refractivity contribution is 7.99. The van der Waals surface area contributed by atoms with E-state index in [4.69, 9.17) is 0 Å². The molecule has 1 aliphatic heterocycles. The molecule has 0 spiro atoms. The molecule has 0 saturated carbocycles. The van der Waals surface area contributed by atoms with E-state index in [2.05, 4.69) is 63.0 Å².